The highest BCUT2D eigenvalue weighted by atomic mass is 32.2. The number of sulfonamides is 1. The molecule has 17 heavy (non-hydrogen) atoms. The van der Waals surface area contributed by atoms with E-state index in [1.165, 1.54) is 6.07 Å². The molecule has 0 spiro atoms. The third-order valence-corrected chi connectivity index (χ3v) is 3.34. The summed E-state index contributed by atoms with van der Waals surface area (Å²) in [6.07, 6.45) is 0. The lowest BCUT2D eigenvalue weighted by Gasteiger charge is -2.21. The minimum absolute atomic E-state index is 0.0519. The number of likely N-dealkylation sites (N-methyl/N-ethyl adjacent to an activating group) is 2. The first-order chi connectivity index (χ1) is 7.86. The quantitative estimate of drug-likeness (QED) is 0.622. The molecule has 1 aromatic rings. The van der Waals surface area contributed by atoms with Crippen LogP contribution in [0.5, 0.6) is 0 Å². The van der Waals surface area contributed by atoms with Crippen LogP contribution in [0.25, 0.3) is 0 Å². The molecule has 1 aromatic carbocycles. The predicted molar refractivity (Wildman–Crippen MR) is 69.4 cm³/mol. The van der Waals surface area contributed by atoms with Crippen molar-refractivity contribution < 1.29 is 8.42 Å². The van der Waals surface area contributed by atoms with Gasteiger partial charge in [0.25, 0.3) is 0 Å². The van der Waals surface area contributed by atoms with Gasteiger partial charge < -0.3 is 16.0 Å². The number of nitrogens with two attached hydrogens (primary N) is 2. The van der Waals surface area contributed by atoms with Gasteiger partial charge in [0.2, 0.25) is 10.0 Å². The van der Waals surface area contributed by atoms with E-state index < -0.39 is 10.0 Å². The Morgan fingerprint density at radius 3 is 2.59 bits per heavy atom. The standard InChI is InChI=1S/C10H18N4O2S/c1-13-5-6-14(2)9-4-3-8(11)7-10(9)17(12,15)16/h3-4,7,13H,5-6,11H2,1-2H3,(H2,12,15,16). The van der Waals surface area contributed by atoms with Gasteiger partial charge in [-0.15, -0.1) is 0 Å². The molecule has 0 bridgehead atoms. The summed E-state index contributed by atoms with van der Waals surface area (Å²) in [5.74, 6) is 0. The molecule has 0 aliphatic rings. The second-order valence-electron chi connectivity index (χ2n) is 3.80. The molecule has 0 saturated carbocycles. The molecule has 0 radical (unpaired) electrons. The van der Waals surface area contributed by atoms with Crippen molar-refractivity contribution in [3.8, 4) is 0 Å². The van der Waals surface area contributed by atoms with Crippen LogP contribution in [-0.2, 0) is 10.0 Å². The van der Waals surface area contributed by atoms with E-state index in [2.05, 4.69) is 5.32 Å². The molecule has 96 valence electrons. The summed E-state index contributed by atoms with van der Waals surface area (Å²) in [6, 6.07) is 4.69. The number of primary sulfonamides is 1. The highest BCUT2D eigenvalue weighted by molar-refractivity contribution is 7.89. The minimum Gasteiger partial charge on any atom is -0.399 e. The van der Waals surface area contributed by atoms with Crippen LogP contribution in [0.4, 0.5) is 11.4 Å². The molecule has 7 heteroatoms. The number of nitrogen functional groups attached to an aromatic ring is 1. The first-order valence-electron chi connectivity index (χ1n) is 5.14. The maximum absolute atomic E-state index is 11.5. The van der Waals surface area contributed by atoms with Crippen molar-refractivity contribution in [1.29, 1.82) is 0 Å². The summed E-state index contributed by atoms with van der Waals surface area (Å²) in [5, 5.41) is 8.16. The molecule has 0 aliphatic carbocycles. The van der Waals surface area contributed by atoms with Crippen molar-refractivity contribution in [3.05, 3.63) is 18.2 Å². The van der Waals surface area contributed by atoms with Gasteiger partial charge in [-0.05, 0) is 25.2 Å². The van der Waals surface area contributed by atoms with E-state index in [9.17, 15) is 8.42 Å². The second kappa shape index (κ2) is 5.35. The Bertz CT molecular complexity index is 487. The van der Waals surface area contributed by atoms with E-state index in [1.54, 1.807) is 19.2 Å². The maximum Gasteiger partial charge on any atom is 0.240 e. The fourth-order valence-electron chi connectivity index (χ4n) is 1.47. The summed E-state index contributed by atoms with van der Waals surface area (Å²) in [5.41, 5.74) is 6.50. The Hall–Kier alpha value is -1.31. The van der Waals surface area contributed by atoms with Crippen LogP contribution in [0, 0.1) is 0 Å². The van der Waals surface area contributed by atoms with Crippen molar-refractivity contribution in [3.63, 3.8) is 0 Å². The van der Waals surface area contributed by atoms with Gasteiger partial charge in [0, 0.05) is 25.8 Å². The number of hydrogen-bond donors (Lipinski definition) is 3. The fourth-order valence-corrected chi connectivity index (χ4v) is 2.29. The van der Waals surface area contributed by atoms with Gasteiger partial charge in [-0.3, -0.25) is 0 Å². The summed E-state index contributed by atoms with van der Waals surface area (Å²) in [4.78, 5) is 1.87. The molecular formula is C10H18N4O2S. The lowest BCUT2D eigenvalue weighted by atomic mass is 10.2. The van der Waals surface area contributed by atoms with Gasteiger partial charge in [0.15, 0.2) is 0 Å². The SMILES string of the molecule is CNCCN(C)c1ccc(N)cc1S(N)(=O)=O. The van der Waals surface area contributed by atoms with Gasteiger partial charge in [0.05, 0.1) is 5.69 Å². The van der Waals surface area contributed by atoms with Crippen LogP contribution in [-0.4, -0.2) is 35.6 Å². The van der Waals surface area contributed by atoms with E-state index in [4.69, 9.17) is 10.9 Å². The van der Waals surface area contributed by atoms with Gasteiger partial charge in [-0.25, -0.2) is 13.6 Å². The first kappa shape index (κ1) is 13.8. The van der Waals surface area contributed by atoms with Crippen molar-refractivity contribution in [1.82, 2.24) is 5.32 Å². The lowest BCUT2D eigenvalue weighted by molar-refractivity contribution is 0.597. The third-order valence-electron chi connectivity index (χ3n) is 2.40. The zero-order valence-corrected chi connectivity index (χ0v) is 10.8. The maximum atomic E-state index is 11.5. The largest absolute Gasteiger partial charge is 0.399 e. The molecule has 0 aromatic heterocycles. The summed E-state index contributed by atoms with van der Waals surface area (Å²) >= 11 is 0. The monoisotopic (exact) mass is 258 g/mol. The molecule has 0 aliphatic heterocycles. The fraction of sp³-hybridized carbons (Fsp3) is 0.400. The van der Waals surface area contributed by atoms with Gasteiger partial charge in [-0.1, -0.05) is 0 Å². The Balaban J connectivity index is 3.15. The topological polar surface area (TPSA) is 101 Å². The molecule has 0 atom stereocenters. The van der Waals surface area contributed by atoms with Crippen molar-refractivity contribution in [2.45, 2.75) is 4.90 Å². The molecule has 0 unspecified atom stereocenters. The smallest absolute Gasteiger partial charge is 0.240 e. The Morgan fingerprint density at radius 2 is 2.06 bits per heavy atom. The number of hydrogen-bond acceptors (Lipinski definition) is 5. The first-order valence-corrected chi connectivity index (χ1v) is 6.69. The Kier molecular flexibility index (Phi) is 4.33. The van der Waals surface area contributed by atoms with Crippen LogP contribution < -0.4 is 21.1 Å². The van der Waals surface area contributed by atoms with E-state index in [0.717, 1.165) is 6.54 Å². The number of anilines is 2. The number of benzene rings is 1. The summed E-state index contributed by atoms with van der Waals surface area (Å²) in [6.45, 7) is 1.41. The molecule has 6 nitrogen and oxygen atoms in total. The van der Waals surface area contributed by atoms with Crippen LogP contribution in [0.15, 0.2) is 23.1 Å². The number of nitrogens with one attached hydrogen (secondary N) is 1. The molecule has 0 amide bonds. The molecule has 0 saturated heterocycles. The normalized spacial score (nSPS) is 11.5. The van der Waals surface area contributed by atoms with Crippen LogP contribution in [0.3, 0.4) is 0 Å². The van der Waals surface area contributed by atoms with Crippen molar-refractivity contribution in [2.24, 2.45) is 5.14 Å². The Labute approximate surface area is 102 Å². The average molecular weight is 258 g/mol. The van der Waals surface area contributed by atoms with E-state index in [0.29, 0.717) is 17.9 Å². The van der Waals surface area contributed by atoms with Gasteiger partial charge >= 0.3 is 0 Å². The zero-order chi connectivity index (χ0) is 13.1. The van der Waals surface area contributed by atoms with E-state index in [-0.39, 0.29) is 4.90 Å². The zero-order valence-electron chi connectivity index (χ0n) is 9.97. The highest BCUT2D eigenvalue weighted by Crippen LogP contribution is 2.25. The summed E-state index contributed by atoms with van der Waals surface area (Å²) < 4.78 is 22.9. The second-order valence-corrected chi connectivity index (χ2v) is 5.33. The molecular weight excluding hydrogens is 240 g/mol. The minimum atomic E-state index is -3.77. The highest BCUT2D eigenvalue weighted by Gasteiger charge is 2.16. The van der Waals surface area contributed by atoms with Crippen LogP contribution in [0.1, 0.15) is 0 Å². The molecule has 0 heterocycles. The lowest BCUT2D eigenvalue weighted by Crippen LogP contribution is -2.29. The number of rotatable bonds is 5. The predicted octanol–water partition coefficient (Wildman–Crippen LogP) is -0.428. The van der Waals surface area contributed by atoms with Gasteiger partial charge in [-0.2, -0.15) is 0 Å². The average Bonchev–Trinajstić information content (AvgIpc) is 2.24. The third kappa shape index (κ3) is 3.58. The number of nitrogens with zero attached hydrogens (tertiary/aromatic N) is 1. The molecule has 1 rings (SSSR count). The molecule has 0 fully saturated rings. The Morgan fingerprint density at radius 1 is 1.41 bits per heavy atom. The van der Waals surface area contributed by atoms with E-state index >= 15 is 0 Å². The van der Waals surface area contributed by atoms with Crippen LogP contribution in [0.2, 0.25) is 0 Å². The van der Waals surface area contributed by atoms with Gasteiger partial charge in [0.1, 0.15) is 4.90 Å². The summed E-state index contributed by atoms with van der Waals surface area (Å²) in [7, 11) is -0.134. The van der Waals surface area contributed by atoms with E-state index in [1.807, 2.05) is 11.9 Å². The van der Waals surface area contributed by atoms with Crippen molar-refractivity contribution >= 4 is 21.4 Å². The molecule has 5 N–H and O–H groups in total. The van der Waals surface area contributed by atoms with Crippen LogP contribution >= 0.6 is 0 Å². The van der Waals surface area contributed by atoms with Crippen molar-refractivity contribution in [2.75, 3.05) is 37.8 Å².